The average molecular weight is 198 g/mol. The van der Waals surface area contributed by atoms with Gasteiger partial charge in [-0.3, -0.25) is 4.68 Å². The smallest absolute Gasteiger partial charge is 0.0582 e. The first kappa shape index (κ1) is 11.2. The Hall–Kier alpha value is -0.870. The van der Waals surface area contributed by atoms with Crippen LogP contribution in [0.5, 0.6) is 0 Å². The van der Waals surface area contributed by atoms with E-state index < -0.39 is 0 Å². The van der Waals surface area contributed by atoms with E-state index in [0.717, 1.165) is 18.4 Å². The molecule has 4 heteroatoms. The molecule has 80 valence electrons. The predicted octanol–water partition coefficient (Wildman–Crippen LogP) is 0.750. The molecule has 1 N–H and O–H groups in total. The Morgan fingerprint density at radius 1 is 1.64 bits per heavy atom. The highest BCUT2D eigenvalue weighted by molar-refractivity contribution is 5.04. The van der Waals surface area contributed by atoms with Crippen LogP contribution in [0.3, 0.4) is 0 Å². The largest absolute Gasteiger partial charge is 0.393 e. The number of hydrogen-bond acceptors (Lipinski definition) is 3. The molecule has 1 rings (SSSR count). The van der Waals surface area contributed by atoms with Crippen molar-refractivity contribution in [2.24, 2.45) is 7.05 Å². The number of rotatable bonds is 6. The monoisotopic (exact) mass is 198 g/mol. The first-order chi connectivity index (χ1) is 6.72. The van der Waals surface area contributed by atoms with Crippen LogP contribution in [0.25, 0.3) is 0 Å². The highest BCUT2D eigenvalue weighted by Gasteiger charge is 2.06. The standard InChI is InChI=1S/C10H18N2O2/c1-12-8-9(7-11-12)6-10(13)4-3-5-14-2/h7-8,10,13H,3-6H2,1-2H3. The Balaban J connectivity index is 2.23. The molecule has 0 saturated carbocycles. The minimum Gasteiger partial charge on any atom is -0.393 e. The van der Waals surface area contributed by atoms with E-state index in [0.29, 0.717) is 13.0 Å². The molecule has 1 aromatic rings. The van der Waals surface area contributed by atoms with Gasteiger partial charge in [0.25, 0.3) is 0 Å². The predicted molar refractivity (Wildman–Crippen MR) is 54.0 cm³/mol. The number of aliphatic hydroxyl groups is 1. The molecule has 1 atom stereocenters. The summed E-state index contributed by atoms with van der Waals surface area (Å²) in [6, 6.07) is 0. The van der Waals surface area contributed by atoms with Gasteiger partial charge in [0.2, 0.25) is 0 Å². The summed E-state index contributed by atoms with van der Waals surface area (Å²) in [6.07, 6.45) is 5.80. The molecule has 0 bridgehead atoms. The highest BCUT2D eigenvalue weighted by atomic mass is 16.5. The quantitative estimate of drug-likeness (QED) is 0.686. The van der Waals surface area contributed by atoms with Crippen LogP contribution in [0.15, 0.2) is 12.4 Å². The molecule has 0 fully saturated rings. The van der Waals surface area contributed by atoms with E-state index in [9.17, 15) is 5.11 Å². The summed E-state index contributed by atoms with van der Waals surface area (Å²) < 4.78 is 6.67. The van der Waals surface area contributed by atoms with E-state index in [1.54, 1.807) is 18.0 Å². The SMILES string of the molecule is COCCCC(O)Cc1cnn(C)c1. The Kier molecular flexibility index (Phi) is 4.62. The van der Waals surface area contributed by atoms with Gasteiger partial charge in [0.1, 0.15) is 0 Å². The van der Waals surface area contributed by atoms with Crippen molar-refractivity contribution in [3.8, 4) is 0 Å². The third-order valence-corrected chi connectivity index (χ3v) is 2.12. The number of aliphatic hydroxyl groups excluding tert-OH is 1. The van der Waals surface area contributed by atoms with Gasteiger partial charge in [0.05, 0.1) is 12.3 Å². The lowest BCUT2D eigenvalue weighted by molar-refractivity contribution is 0.135. The molecule has 1 unspecified atom stereocenters. The van der Waals surface area contributed by atoms with Gasteiger partial charge in [-0.25, -0.2) is 0 Å². The number of aromatic nitrogens is 2. The van der Waals surface area contributed by atoms with Gasteiger partial charge in [-0.2, -0.15) is 5.10 Å². The Bertz CT molecular complexity index is 260. The van der Waals surface area contributed by atoms with Crippen LogP contribution in [0, 0.1) is 0 Å². The molecule has 1 heterocycles. The van der Waals surface area contributed by atoms with Gasteiger partial charge in [0.15, 0.2) is 0 Å². The molecular weight excluding hydrogens is 180 g/mol. The zero-order chi connectivity index (χ0) is 10.4. The van der Waals surface area contributed by atoms with E-state index >= 15 is 0 Å². The van der Waals surface area contributed by atoms with Crippen molar-refractivity contribution in [2.45, 2.75) is 25.4 Å². The molecule has 0 amide bonds. The molecule has 0 aliphatic carbocycles. The van der Waals surface area contributed by atoms with Crippen molar-refractivity contribution in [3.05, 3.63) is 18.0 Å². The number of methoxy groups -OCH3 is 1. The summed E-state index contributed by atoms with van der Waals surface area (Å²) in [6.45, 7) is 0.712. The van der Waals surface area contributed by atoms with E-state index in [4.69, 9.17) is 4.74 Å². The summed E-state index contributed by atoms with van der Waals surface area (Å²) in [5, 5.41) is 13.7. The second-order valence-corrected chi connectivity index (χ2v) is 3.52. The van der Waals surface area contributed by atoms with Crippen LogP contribution in [0.4, 0.5) is 0 Å². The lowest BCUT2D eigenvalue weighted by Gasteiger charge is -2.07. The average Bonchev–Trinajstić information content (AvgIpc) is 2.52. The first-order valence-electron chi connectivity index (χ1n) is 4.87. The zero-order valence-corrected chi connectivity index (χ0v) is 8.81. The summed E-state index contributed by atoms with van der Waals surface area (Å²) in [5.74, 6) is 0. The molecule has 0 saturated heterocycles. The lowest BCUT2D eigenvalue weighted by atomic mass is 10.1. The Morgan fingerprint density at radius 3 is 3.00 bits per heavy atom. The van der Waals surface area contributed by atoms with Gasteiger partial charge in [-0.1, -0.05) is 0 Å². The Morgan fingerprint density at radius 2 is 2.43 bits per heavy atom. The summed E-state index contributed by atoms with van der Waals surface area (Å²) >= 11 is 0. The highest BCUT2D eigenvalue weighted by Crippen LogP contribution is 2.06. The van der Waals surface area contributed by atoms with Crippen LogP contribution >= 0.6 is 0 Å². The fraction of sp³-hybridized carbons (Fsp3) is 0.700. The second kappa shape index (κ2) is 5.78. The fourth-order valence-corrected chi connectivity index (χ4v) is 1.41. The Labute approximate surface area is 84.5 Å². The van der Waals surface area contributed by atoms with E-state index in [-0.39, 0.29) is 6.10 Å². The summed E-state index contributed by atoms with van der Waals surface area (Å²) in [5.41, 5.74) is 1.08. The molecular formula is C10H18N2O2. The van der Waals surface area contributed by atoms with Crippen molar-refractivity contribution >= 4 is 0 Å². The number of ether oxygens (including phenoxy) is 1. The third-order valence-electron chi connectivity index (χ3n) is 2.12. The minimum atomic E-state index is -0.283. The minimum absolute atomic E-state index is 0.283. The molecule has 0 aliphatic rings. The molecule has 14 heavy (non-hydrogen) atoms. The van der Waals surface area contributed by atoms with E-state index in [1.165, 1.54) is 0 Å². The molecule has 0 aromatic carbocycles. The molecule has 1 aromatic heterocycles. The molecule has 0 spiro atoms. The van der Waals surface area contributed by atoms with Gasteiger partial charge < -0.3 is 9.84 Å². The summed E-state index contributed by atoms with van der Waals surface area (Å²) in [4.78, 5) is 0. The first-order valence-corrected chi connectivity index (χ1v) is 4.87. The molecule has 0 aliphatic heterocycles. The maximum Gasteiger partial charge on any atom is 0.0582 e. The van der Waals surface area contributed by atoms with Gasteiger partial charge >= 0.3 is 0 Å². The number of aryl methyl sites for hydroxylation is 1. The van der Waals surface area contributed by atoms with E-state index in [2.05, 4.69) is 5.10 Å². The number of nitrogens with zero attached hydrogens (tertiary/aromatic N) is 2. The third kappa shape index (κ3) is 3.89. The van der Waals surface area contributed by atoms with Crippen molar-refractivity contribution in [1.82, 2.24) is 9.78 Å². The fourth-order valence-electron chi connectivity index (χ4n) is 1.41. The lowest BCUT2D eigenvalue weighted by Crippen LogP contribution is -2.10. The van der Waals surface area contributed by atoms with Gasteiger partial charge in [-0.15, -0.1) is 0 Å². The zero-order valence-electron chi connectivity index (χ0n) is 8.81. The maximum atomic E-state index is 9.65. The summed E-state index contributed by atoms with van der Waals surface area (Å²) in [7, 11) is 3.55. The molecule has 4 nitrogen and oxygen atoms in total. The van der Waals surface area contributed by atoms with Crippen molar-refractivity contribution in [1.29, 1.82) is 0 Å². The van der Waals surface area contributed by atoms with Gasteiger partial charge in [0, 0.05) is 33.4 Å². The van der Waals surface area contributed by atoms with Crippen molar-refractivity contribution < 1.29 is 9.84 Å². The topological polar surface area (TPSA) is 47.3 Å². The van der Waals surface area contributed by atoms with Crippen molar-refractivity contribution in [2.75, 3.05) is 13.7 Å². The van der Waals surface area contributed by atoms with Crippen LogP contribution in [-0.2, 0) is 18.2 Å². The van der Waals surface area contributed by atoms with Gasteiger partial charge in [-0.05, 0) is 18.4 Å². The number of hydrogen-bond donors (Lipinski definition) is 1. The van der Waals surface area contributed by atoms with Crippen LogP contribution < -0.4 is 0 Å². The maximum absolute atomic E-state index is 9.65. The van der Waals surface area contributed by atoms with Crippen LogP contribution in [0.2, 0.25) is 0 Å². The van der Waals surface area contributed by atoms with E-state index in [1.807, 2.05) is 13.2 Å². The van der Waals surface area contributed by atoms with Crippen LogP contribution in [0.1, 0.15) is 18.4 Å². The second-order valence-electron chi connectivity index (χ2n) is 3.52. The van der Waals surface area contributed by atoms with Crippen LogP contribution in [-0.4, -0.2) is 34.7 Å². The normalized spacial score (nSPS) is 13.1. The van der Waals surface area contributed by atoms with Crippen molar-refractivity contribution in [3.63, 3.8) is 0 Å². The molecule has 0 radical (unpaired) electrons.